The van der Waals surface area contributed by atoms with Gasteiger partial charge in [-0.05, 0) is 12.8 Å². The van der Waals surface area contributed by atoms with Gasteiger partial charge in [-0.15, -0.1) is 0 Å². The third-order valence-electron chi connectivity index (χ3n) is 1.85. The van der Waals surface area contributed by atoms with Gasteiger partial charge in [-0.25, -0.2) is 0 Å². The zero-order chi connectivity index (χ0) is 7.66. The Labute approximate surface area is 111 Å². The molecule has 0 bridgehead atoms. The Morgan fingerprint density at radius 1 is 0.833 bits per heavy atom. The third kappa shape index (κ3) is 17.5. The van der Waals surface area contributed by atoms with E-state index in [9.17, 15) is 0 Å². The van der Waals surface area contributed by atoms with Crippen LogP contribution >= 0.6 is 0 Å². The zero-order valence-electron chi connectivity index (χ0n) is 8.24. The van der Waals surface area contributed by atoms with Gasteiger partial charge in [0, 0.05) is 23.9 Å². The summed E-state index contributed by atoms with van der Waals surface area (Å²) in [5.74, 6) is 0. The molecule has 0 spiro atoms. The van der Waals surface area contributed by atoms with E-state index in [4.69, 9.17) is 0 Å². The van der Waals surface area contributed by atoms with E-state index in [0.29, 0.717) is 0 Å². The number of hydrogen-bond donors (Lipinski definition) is 1. The summed E-state index contributed by atoms with van der Waals surface area (Å²) in [6.45, 7) is 3.38. The number of unbranched alkanes of at least 4 members (excludes halogenated alkanes) is 6. The summed E-state index contributed by atoms with van der Waals surface area (Å²) in [5, 5.41) is 0. The second kappa shape index (κ2) is 18.3. The molecule has 74 valence electrons. The van der Waals surface area contributed by atoms with Crippen LogP contribution in [-0.4, -0.2) is 30.5 Å². The van der Waals surface area contributed by atoms with Gasteiger partial charge < -0.3 is 29.7 Å². The number of halogens is 1. The van der Waals surface area contributed by atoms with Crippen LogP contribution in [0.2, 0.25) is 0 Å². The Bertz CT molecular complexity index is 54.5. The molecule has 0 unspecified atom stereocenters. The zero-order valence-corrected chi connectivity index (χ0v) is 13.3. The summed E-state index contributed by atoms with van der Waals surface area (Å²) in [4.78, 5) is 0. The van der Waals surface area contributed by atoms with Crippen LogP contribution in [0.3, 0.4) is 0 Å². The Balaban J connectivity index is -0.000000405. The van der Waals surface area contributed by atoms with Gasteiger partial charge >= 0.3 is 0 Å². The molecule has 0 saturated carbocycles. The van der Waals surface area contributed by atoms with Crippen molar-refractivity contribution in [2.45, 2.75) is 51.9 Å². The summed E-state index contributed by atoms with van der Waals surface area (Å²) in [7, 11) is 0. The molecule has 3 N–H and O–H groups in total. The molecule has 0 aromatic heterocycles. The van der Waals surface area contributed by atoms with Crippen molar-refractivity contribution >= 4 is 23.9 Å². The van der Waals surface area contributed by atoms with Crippen LogP contribution in [0.25, 0.3) is 0 Å². The van der Waals surface area contributed by atoms with Gasteiger partial charge in [0.2, 0.25) is 0 Å². The van der Waals surface area contributed by atoms with Crippen molar-refractivity contribution in [2.24, 2.45) is 0 Å². The standard InChI is InChI=1S/C9H21N.HI.Sn/c1-2-3-4-5-6-7-8-9-10;;/h2-10H2,1H3;1H;. The van der Waals surface area contributed by atoms with Crippen molar-refractivity contribution in [2.75, 3.05) is 6.54 Å². The van der Waals surface area contributed by atoms with Crippen LogP contribution in [0.1, 0.15) is 51.9 Å². The average molecular weight is 390 g/mol. The molecule has 0 aromatic rings. The number of quaternary nitrogens is 1. The maximum atomic E-state index is 3.82. The predicted octanol–water partition coefficient (Wildman–Crippen LogP) is -1.40. The fourth-order valence-corrected chi connectivity index (χ4v) is 1.13. The van der Waals surface area contributed by atoms with Crippen molar-refractivity contribution in [3.63, 3.8) is 0 Å². The molecule has 12 heavy (non-hydrogen) atoms. The van der Waals surface area contributed by atoms with E-state index in [2.05, 4.69) is 12.7 Å². The second-order valence-corrected chi connectivity index (χ2v) is 2.97. The number of hydrogen-bond acceptors (Lipinski definition) is 0. The predicted molar refractivity (Wildman–Crippen MR) is 51.5 cm³/mol. The van der Waals surface area contributed by atoms with E-state index in [1.54, 1.807) is 0 Å². The van der Waals surface area contributed by atoms with Crippen molar-refractivity contribution in [1.82, 2.24) is 0 Å². The maximum absolute atomic E-state index is 3.82. The second-order valence-electron chi connectivity index (χ2n) is 2.97. The minimum absolute atomic E-state index is 0. The monoisotopic (exact) mass is 391 g/mol. The molecule has 0 aliphatic heterocycles. The van der Waals surface area contributed by atoms with E-state index in [1.807, 2.05) is 0 Å². The Morgan fingerprint density at radius 2 is 1.25 bits per heavy atom. The fourth-order valence-electron chi connectivity index (χ4n) is 1.13. The molecule has 3 heteroatoms. The minimum Gasteiger partial charge on any atom is -1.00 e. The van der Waals surface area contributed by atoms with Crippen molar-refractivity contribution in [1.29, 1.82) is 0 Å². The number of rotatable bonds is 7. The van der Waals surface area contributed by atoms with E-state index in [1.165, 1.54) is 44.9 Å². The molecule has 0 atom stereocenters. The maximum Gasteiger partial charge on any atom is 0.0739 e. The Kier molecular flexibility index (Phi) is 29.2. The molecule has 0 heterocycles. The van der Waals surface area contributed by atoms with Crippen LogP contribution in [0.15, 0.2) is 0 Å². The summed E-state index contributed by atoms with van der Waals surface area (Å²) in [5.41, 5.74) is 3.82. The molecule has 0 saturated heterocycles. The van der Waals surface area contributed by atoms with E-state index < -0.39 is 0 Å². The normalized spacial score (nSPS) is 8.50. The van der Waals surface area contributed by atoms with E-state index in [-0.39, 0.29) is 47.9 Å². The summed E-state index contributed by atoms with van der Waals surface area (Å²) < 4.78 is 0. The van der Waals surface area contributed by atoms with E-state index >= 15 is 0 Å². The molecule has 0 amide bonds. The molecule has 0 aliphatic rings. The first-order chi connectivity index (χ1) is 4.91. The third-order valence-corrected chi connectivity index (χ3v) is 1.85. The summed E-state index contributed by atoms with van der Waals surface area (Å²) in [6.07, 6.45) is 9.80. The molecule has 0 rings (SSSR count). The van der Waals surface area contributed by atoms with E-state index in [0.717, 1.165) is 6.54 Å². The first-order valence-electron chi connectivity index (χ1n) is 4.71. The van der Waals surface area contributed by atoms with Gasteiger partial charge in [0.05, 0.1) is 6.54 Å². The average Bonchev–Trinajstić information content (AvgIpc) is 1.97. The quantitative estimate of drug-likeness (QED) is 0.315. The first kappa shape index (κ1) is 19.1. The van der Waals surface area contributed by atoms with Gasteiger partial charge in [0.1, 0.15) is 0 Å². The van der Waals surface area contributed by atoms with Crippen LogP contribution < -0.4 is 29.7 Å². The smallest absolute Gasteiger partial charge is 0.0739 e. The van der Waals surface area contributed by atoms with Gasteiger partial charge in [-0.1, -0.05) is 39.0 Å². The van der Waals surface area contributed by atoms with Crippen LogP contribution in [0.4, 0.5) is 0 Å². The van der Waals surface area contributed by atoms with Crippen molar-refractivity contribution in [3.05, 3.63) is 0 Å². The molecular weight excluding hydrogens is 368 g/mol. The Hall–Kier alpha value is 1.49. The van der Waals surface area contributed by atoms with Gasteiger partial charge in [0.25, 0.3) is 0 Å². The fraction of sp³-hybridized carbons (Fsp3) is 1.00. The SMILES string of the molecule is CCCCCCCCC[NH3+].[I-].[Sn]. The molecular formula is C9H22INSn. The molecule has 0 aromatic carbocycles. The molecule has 1 nitrogen and oxygen atoms in total. The largest absolute Gasteiger partial charge is 1.00 e. The van der Waals surface area contributed by atoms with Crippen LogP contribution in [0.5, 0.6) is 0 Å². The minimum atomic E-state index is 0. The van der Waals surface area contributed by atoms with Gasteiger partial charge in [-0.3, -0.25) is 0 Å². The molecule has 0 fully saturated rings. The first-order valence-corrected chi connectivity index (χ1v) is 4.71. The Morgan fingerprint density at radius 3 is 1.67 bits per heavy atom. The van der Waals surface area contributed by atoms with Crippen molar-refractivity contribution < 1.29 is 29.7 Å². The van der Waals surface area contributed by atoms with Crippen LogP contribution in [-0.2, 0) is 0 Å². The molecule has 0 aliphatic carbocycles. The summed E-state index contributed by atoms with van der Waals surface area (Å²) >= 11 is 0. The van der Waals surface area contributed by atoms with Crippen molar-refractivity contribution in [3.8, 4) is 0 Å². The summed E-state index contributed by atoms with van der Waals surface area (Å²) in [6, 6.07) is 0. The topological polar surface area (TPSA) is 27.6 Å². The van der Waals surface area contributed by atoms with Gasteiger partial charge in [0.15, 0.2) is 0 Å². The van der Waals surface area contributed by atoms with Gasteiger partial charge in [-0.2, -0.15) is 0 Å². The molecule has 4 radical (unpaired) electrons. The van der Waals surface area contributed by atoms with Crippen LogP contribution in [0, 0.1) is 0 Å².